The Balaban J connectivity index is 1.77. The van der Waals surface area contributed by atoms with Crippen molar-refractivity contribution in [2.75, 3.05) is 26.2 Å². The SMILES string of the molecule is CCc1ccc(C2CC(C(=O)O)CN(C(=O)N3CCCC3)C2)cc1. The number of carboxylic acid groups (broad SMARTS) is 1. The van der Waals surface area contributed by atoms with Crippen LogP contribution in [-0.2, 0) is 11.2 Å². The van der Waals surface area contributed by atoms with E-state index in [0.717, 1.165) is 37.9 Å². The maximum atomic E-state index is 12.7. The summed E-state index contributed by atoms with van der Waals surface area (Å²) in [7, 11) is 0. The average molecular weight is 330 g/mol. The Morgan fingerprint density at radius 2 is 1.75 bits per heavy atom. The number of urea groups is 1. The molecule has 2 aliphatic heterocycles. The van der Waals surface area contributed by atoms with Crippen molar-refractivity contribution < 1.29 is 14.7 Å². The first-order chi connectivity index (χ1) is 11.6. The van der Waals surface area contributed by atoms with Crippen molar-refractivity contribution in [3.05, 3.63) is 35.4 Å². The zero-order valence-electron chi connectivity index (χ0n) is 14.3. The van der Waals surface area contributed by atoms with E-state index in [2.05, 4.69) is 31.2 Å². The van der Waals surface area contributed by atoms with E-state index in [-0.39, 0.29) is 11.9 Å². The van der Waals surface area contributed by atoms with Gasteiger partial charge in [0.25, 0.3) is 0 Å². The van der Waals surface area contributed by atoms with Gasteiger partial charge in [0, 0.05) is 32.1 Å². The van der Waals surface area contributed by atoms with Crippen molar-refractivity contribution in [3.8, 4) is 0 Å². The van der Waals surface area contributed by atoms with Gasteiger partial charge >= 0.3 is 12.0 Å². The Hall–Kier alpha value is -2.04. The third kappa shape index (κ3) is 3.55. The van der Waals surface area contributed by atoms with Crippen LogP contribution in [0.4, 0.5) is 4.79 Å². The Labute approximate surface area is 143 Å². The summed E-state index contributed by atoms with van der Waals surface area (Å²) in [5.41, 5.74) is 2.41. The first kappa shape index (κ1) is 16.8. The zero-order valence-corrected chi connectivity index (χ0v) is 14.3. The molecule has 2 saturated heterocycles. The van der Waals surface area contributed by atoms with Gasteiger partial charge in [-0.3, -0.25) is 4.79 Å². The number of likely N-dealkylation sites (tertiary alicyclic amines) is 2. The fourth-order valence-electron chi connectivity index (χ4n) is 3.81. The lowest BCUT2D eigenvalue weighted by Crippen LogP contribution is -2.50. The van der Waals surface area contributed by atoms with E-state index in [9.17, 15) is 14.7 Å². The normalized spacial score (nSPS) is 24.2. The van der Waals surface area contributed by atoms with Crippen LogP contribution in [0, 0.1) is 5.92 Å². The number of piperidine rings is 1. The summed E-state index contributed by atoms with van der Waals surface area (Å²) in [6.45, 7) is 4.65. The molecule has 0 spiro atoms. The number of rotatable bonds is 3. The summed E-state index contributed by atoms with van der Waals surface area (Å²) in [4.78, 5) is 27.9. The van der Waals surface area contributed by atoms with Gasteiger partial charge in [0.1, 0.15) is 0 Å². The third-order valence-electron chi connectivity index (χ3n) is 5.31. The zero-order chi connectivity index (χ0) is 17.1. The number of aryl methyl sites for hydroxylation is 1. The standard InChI is InChI=1S/C19H26N2O3/c1-2-14-5-7-15(8-6-14)16-11-17(18(22)23)13-21(12-16)19(24)20-9-3-4-10-20/h5-8,16-17H,2-4,9-13H2,1H3,(H,22,23). The molecule has 0 saturated carbocycles. The van der Waals surface area contributed by atoms with Gasteiger partial charge in [0.2, 0.25) is 0 Å². The van der Waals surface area contributed by atoms with Gasteiger partial charge in [-0.1, -0.05) is 31.2 Å². The number of aliphatic carboxylic acids is 1. The molecule has 130 valence electrons. The first-order valence-corrected chi connectivity index (χ1v) is 8.94. The summed E-state index contributed by atoms with van der Waals surface area (Å²) in [5, 5.41) is 9.50. The summed E-state index contributed by atoms with van der Waals surface area (Å²) in [5.74, 6) is -1.19. The molecule has 1 aromatic carbocycles. The van der Waals surface area contributed by atoms with Crippen LogP contribution in [0.1, 0.15) is 43.2 Å². The van der Waals surface area contributed by atoms with Crippen LogP contribution in [0.2, 0.25) is 0 Å². The third-order valence-corrected chi connectivity index (χ3v) is 5.31. The van der Waals surface area contributed by atoms with Gasteiger partial charge in [-0.25, -0.2) is 4.79 Å². The highest BCUT2D eigenvalue weighted by atomic mass is 16.4. The minimum atomic E-state index is -0.802. The molecule has 24 heavy (non-hydrogen) atoms. The number of hydrogen-bond acceptors (Lipinski definition) is 2. The topological polar surface area (TPSA) is 60.9 Å². The molecule has 0 radical (unpaired) electrons. The molecule has 5 nitrogen and oxygen atoms in total. The Kier molecular flexibility index (Phi) is 5.07. The number of carbonyl (C=O) groups excluding carboxylic acids is 1. The summed E-state index contributed by atoms with van der Waals surface area (Å²) >= 11 is 0. The maximum absolute atomic E-state index is 12.7. The number of hydrogen-bond donors (Lipinski definition) is 1. The second-order valence-corrected chi connectivity index (χ2v) is 6.94. The van der Waals surface area contributed by atoms with Gasteiger partial charge in [-0.15, -0.1) is 0 Å². The Bertz CT molecular complexity index is 593. The Morgan fingerprint density at radius 3 is 2.33 bits per heavy atom. The highest BCUT2D eigenvalue weighted by molar-refractivity contribution is 5.77. The predicted molar refractivity (Wildman–Crippen MR) is 92.1 cm³/mol. The van der Waals surface area contributed by atoms with Crippen LogP contribution in [0.15, 0.2) is 24.3 Å². The largest absolute Gasteiger partial charge is 0.481 e. The first-order valence-electron chi connectivity index (χ1n) is 8.94. The molecule has 2 fully saturated rings. The molecule has 2 heterocycles. The quantitative estimate of drug-likeness (QED) is 0.927. The lowest BCUT2D eigenvalue weighted by atomic mass is 9.84. The van der Waals surface area contributed by atoms with Crippen LogP contribution in [-0.4, -0.2) is 53.1 Å². The van der Waals surface area contributed by atoms with Gasteiger partial charge in [-0.05, 0) is 36.8 Å². The van der Waals surface area contributed by atoms with Crippen molar-refractivity contribution in [3.63, 3.8) is 0 Å². The van der Waals surface area contributed by atoms with Gasteiger partial charge in [-0.2, -0.15) is 0 Å². The summed E-state index contributed by atoms with van der Waals surface area (Å²) < 4.78 is 0. The fraction of sp³-hybridized carbons (Fsp3) is 0.579. The molecule has 0 bridgehead atoms. The van der Waals surface area contributed by atoms with E-state index >= 15 is 0 Å². The van der Waals surface area contributed by atoms with E-state index in [1.807, 2.05) is 4.90 Å². The molecule has 0 aliphatic carbocycles. The van der Waals surface area contributed by atoms with Gasteiger partial charge in [0.15, 0.2) is 0 Å². The monoisotopic (exact) mass is 330 g/mol. The lowest BCUT2D eigenvalue weighted by molar-refractivity contribution is -0.143. The number of carbonyl (C=O) groups is 2. The molecule has 1 aromatic rings. The minimum Gasteiger partial charge on any atom is -0.481 e. The molecule has 3 rings (SSSR count). The number of amides is 2. The molecular weight excluding hydrogens is 304 g/mol. The second kappa shape index (κ2) is 7.24. The second-order valence-electron chi connectivity index (χ2n) is 6.94. The fourth-order valence-corrected chi connectivity index (χ4v) is 3.81. The van der Waals surface area contributed by atoms with Gasteiger partial charge < -0.3 is 14.9 Å². The van der Waals surface area contributed by atoms with Crippen LogP contribution in [0.5, 0.6) is 0 Å². The van der Waals surface area contributed by atoms with Gasteiger partial charge in [0.05, 0.1) is 5.92 Å². The molecule has 1 N–H and O–H groups in total. The Morgan fingerprint density at radius 1 is 1.08 bits per heavy atom. The number of carboxylic acids is 1. The predicted octanol–water partition coefficient (Wildman–Crippen LogP) is 2.95. The molecular formula is C19H26N2O3. The van der Waals surface area contributed by atoms with Crippen LogP contribution in [0.25, 0.3) is 0 Å². The smallest absolute Gasteiger partial charge is 0.320 e. The molecule has 2 amide bonds. The van der Waals surface area contributed by atoms with E-state index in [4.69, 9.17) is 0 Å². The molecule has 2 unspecified atom stereocenters. The highest BCUT2D eigenvalue weighted by Gasteiger charge is 2.36. The number of nitrogens with zero attached hydrogens (tertiary/aromatic N) is 2. The van der Waals surface area contributed by atoms with Crippen LogP contribution < -0.4 is 0 Å². The summed E-state index contributed by atoms with van der Waals surface area (Å²) in [6, 6.07) is 8.39. The van der Waals surface area contributed by atoms with Crippen molar-refractivity contribution in [1.82, 2.24) is 9.80 Å². The van der Waals surface area contributed by atoms with Crippen LogP contribution >= 0.6 is 0 Å². The average Bonchev–Trinajstić information content (AvgIpc) is 3.15. The molecule has 0 aromatic heterocycles. The van der Waals surface area contributed by atoms with Crippen LogP contribution in [0.3, 0.4) is 0 Å². The minimum absolute atomic E-state index is 0.00799. The van der Waals surface area contributed by atoms with E-state index in [0.29, 0.717) is 19.5 Å². The highest BCUT2D eigenvalue weighted by Crippen LogP contribution is 2.31. The van der Waals surface area contributed by atoms with E-state index in [1.165, 1.54) is 5.56 Å². The number of benzene rings is 1. The van der Waals surface area contributed by atoms with Crippen molar-refractivity contribution in [2.45, 2.75) is 38.5 Å². The summed E-state index contributed by atoms with van der Waals surface area (Å²) in [6.07, 6.45) is 3.68. The van der Waals surface area contributed by atoms with E-state index in [1.54, 1.807) is 4.90 Å². The van der Waals surface area contributed by atoms with Crippen molar-refractivity contribution >= 4 is 12.0 Å². The lowest BCUT2D eigenvalue weighted by Gasteiger charge is -2.38. The molecule has 2 aliphatic rings. The molecule has 5 heteroatoms. The molecule has 2 atom stereocenters. The van der Waals surface area contributed by atoms with Crippen molar-refractivity contribution in [2.24, 2.45) is 5.92 Å². The van der Waals surface area contributed by atoms with Crippen molar-refractivity contribution in [1.29, 1.82) is 0 Å². The van der Waals surface area contributed by atoms with E-state index < -0.39 is 11.9 Å². The maximum Gasteiger partial charge on any atom is 0.320 e.